The maximum absolute atomic E-state index is 12.3. The summed E-state index contributed by atoms with van der Waals surface area (Å²) in [5.74, 6) is -0.136. The monoisotopic (exact) mass is 360 g/mol. The quantitative estimate of drug-likeness (QED) is 0.861. The zero-order valence-electron chi connectivity index (χ0n) is 15.0. The van der Waals surface area contributed by atoms with Gasteiger partial charge in [0.15, 0.2) is 0 Å². The summed E-state index contributed by atoms with van der Waals surface area (Å²) in [5, 5.41) is 2.74. The number of nitrogens with zero attached hydrogens (tertiary/aromatic N) is 1. The second-order valence-electron chi connectivity index (χ2n) is 6.12. The van der Waals surface area contributed by atoms with Crippen molar-refractivity contribution in [2.75, 3.05) is 17.1 Å². The fourth-order valence-electron chi connectivity index (χ4n) is 2.56. The zero-order chi connectivity index (χ0) is 18.6. The molecule has 0 aliphatic carbocycles. The first-order valence-electron chi connectivity index (χ1n) is 8.14. The first kappa shape index (κ1) is 19.0. The van der Waals surface area contributed by atoms with Crippen LogP contribution in [0.2, 0.25) is 0 Å². The SMILES string of the molecule is CCNC(=O)c1ccc(CN(c2cc(C)ccc2C)S(C)(=O)=O)cc1. The fraction of sp³-hybridized carbons (Fsp3) is 0.316. The number of carbonyl (C=O) groups is 1. The molecular weight excluding hydrogens is 336 g/mol. The van der Waals surface area contributed by atoms with Crippen molar-refractivity contribution in [3.8, 4) is 0 Å². The third-order valence-corrected chi connectivity index (χ3v) is 5.04. The molecule has 0 fully saturated rings. The van der Waals surface area contributed by atoms with Crippen LogP contribution in [0.25, 0.3) is 0 Å². The number of aryl methyl sites for hydroxylation is 2. The predicted octanol–water partition coefficient (Wildman–Crippen LogP) is 3.02. The van der Waals surface area contributed by atoms with E-state index in [1.807, 2.05) is 39.0 Å². The van der Waals surface area contributed by atoms with Crippen molar-refractivity contribution in [1.29, 1.82) is 0 Å². The summed E-state index contributed by atoms with van der Waals surface area (Å²) < 4.78 is 26.0. The van der Waals surface area contributed by atoms with E-state index in [1.165, 1.54) is 10.6 Å². The number of hydrogen-bond acceptors (Lipinski definition) is 3. The number of amides is 1. The topological polar surface area (TPSA) is 66.5 Å². The minimum atomic E-state index is -3.44. The van der Waals surface area contributed by atoms with Crippen LogP contribution < -0.4 is 9.62 Å². The van der Waals surface area contributed by atoms with Crippen LogP contribution in [-0.2, 0) is 16.6 Å². The maximum atomic E-state index is 12.3. The van der Waals surface area contributed by atoms with E-state index < -0.39 is 10.0 Å². The number of benzene rings is 2. The number of hydrogen-bond donors (Lipinski definition) is 1. The van der Waals surface area contributed by atoms with Crippen molar-refractivity contribution in [3.63, 3.8) is 0 Å². The fourth-order valence-corrected chi connectivity index (χ4v) is 3.50. The van der Waals surface area contributed by atoms with Crippen LogP contribution in [0, 0.1) is 13.8 Å². The third-order valence-electron chi connectivity index (χ3n) is 3.91. The summed E-state index contributed by atoms with van der Waals surface area (Å²) in [4.78, 5) is 11.8. The van der Waals surface area contributed by atoms with Crippen molar-refractivity contribution in [1.82, 2.24) is 5.32 Å². The number of carbonyl (C=O) groups excluding carboxylic acids is 1. The Kier molecular flexibility index (Phi) is 5.85. The van der Waals surface area contributed by atoms with Gasteiger partial charge in [-0.1, -0.05) is 24.3 Å². The Bertz CT molecular complexity index is 859. The van der Waals surface area contributed by atoms with E-state index in [4.69, 9.17) is 0 Å². The first-order chi connectivity index (χ1) is 11.7. The van der Waals surface area contributed by atoms with Crippen LogP contribution in [0.1, 0.15) is 34.0 Å². The zero-order valence-corrected chi connectivity index (χ0v) is 15.9. The van der Waals surface area contributed by atoms with Crippen molar-refractivity contribution in [3.05, 3.63) is 64.7 Å². The van der Waals surface area contributed by atoms with E-state index in [0.717, 1.165) is 16.7 Å². The molecule has 0 aromatic heterocycles. The molecule has 1 N–H and O–H groups in total. The van der Waals surface area contributed by atoms with Crippen molar-refractivity contribution in [2.24, 2.45) is 0 Å². The molecule has 5 nitrogen and oxygen atoms in total. The molecule has 0 heterocycles. The molecule has 2 aromatic rings. The molecule has 25 heavy (non-hydrogen) atoms. The lowest BCUT2D eigenvalue weighted by molar-refractivity contribution is 0.0956. The Labute approximate surface area is 149 Å². The Morgan fingerprint density at radius 2 is 1.72 bits per heavy atom. The Balaban J connectivity index is 2.33. The van der Waals surface area contributed by atoms with Gasteiger partial charge >= 0.3 is 0 Å². The molecule has 0 unspecified atom stereocenters. The molecule has 0 saturated heterocycles. The van der Waals surface area contributed by atoms with Gasteiger partial charge < -0.3 is 5.32 Å². The number of sulfonamides is 1. The number of nitrogens with one attached hydrogen (secondary N) is 1. The molecule has 0 aliphatic rings. The first-order valence-corrected chi connectivity index (χ1v) is 9.99. The van der Waals surface area contributed by atoms with Crippen LogP contribution in [0.4, 0.5) is 5.69 Å². The van der Waals surface area contributed by atoms with Crippen LogP contribution in [0.5, 0.6) is 0 Å². The summed E-state index contributed by atoms with van der Waals surface area (Å²) >= 11 is 0. The van der Waals surface area contributed by atoms with E-state index in [9.17, 15) is 13.2 Å². The summed E-state index contributed by atoms with van der Waals surface area (Å²) in [5.41, 5.74) is 3.95. The summed E-state index contributed by atoms with van der Waals surface area (Å²) in [6.45, 7) is 6.48. The third kappa shape index (κ3) is 4.82. The van der Waals surface area contributed by atoms with Gasteiger partial charge in [-0.25, -0.2) is 8.42 Å². The molecular formula is C19H24N2O3S. The average Bonchev–Trinajstić information content (AvgIpc) is 2.55. The highest BCUT2D eigenvalue weighted by molar-refractivity contribution is 7.92. The lowest BCUT2D eigenvalue weighted by atomic mass is 10.1. The minimum Gasteiger partial charge on any atom is -0.352 e. The smallest absolute Gasteiger partial charge is 0.251 e. The molecule has 2 aromatic carbocycles. The van der Waals surface area contributed by atoms with E-state index >= 15 is 0 Å². The summed E-state index contributed by atoms with van der Waals surface area (Å²) in [7, 11) is -3.44. The van der Waals surface area contributed by atoms with Gasteiger partial charge in [-0.3, -0.25) is 9.10 Å². The predicted molar refractivity (Wildman–Crippen MR) is 101 cm³/mol. The van der Waals surface area contributed by atoms with Crippen LogP contribution in [-0.4, -0.2) is 27.1 Å². The van der Waals surface area contributed by atoms with Gasteiger partial charge in [-0.2, -0.15) is 0 Å². The van der Waals surface area contributed by atoms with Gasteiger partial charge in [0.25, 0.3) is 5.91 Å². The molecule has 134 valence electrons. The standard InChI is InChI=1S/C19H24N2O3S/c1-5-20-19(22)17-10-8-16(9-11-17)13-21(25(4,23)24)18-12-14(2)6-7-15(18)3/h6-12H,5,13H2,1-4H3,(H,20,22). The molecule has 2 rings (SSSR count). The summed E-state index contributed by atoms with van der Waals surface area (Å²) in [6, 6.07) is 12.7. The Morgan fingerprint density at radius 3 is 2.28 bits per heavy atom. The van der Waals surface area contributed by atoms with Crippen molar-refractivity contribution < 1.29 is 13.2 Å². The second-order valence-corrected chi connectivity index (χ2v) is 8.02. The molecule has 1 amide bonds. The Morgan fingerprint density at radius 1 is 1.08 bits per heavy atom. The highest BCUT2D eigenvalue weighted by atomic mass is 32.2. The van der Waals surface area contributed by atoms with Gasteiger partial charge in [-0.15, -0.1) is 0 Å². The van der Waals surface area contributed by atoms with Crippen molar-refractivity contribution >= 4 is 21.6 Å². The van der Waals surface area contributed by atoms with Crippen LogP contribution >= 0.6 is 0 Å². The Hall–Kier alpha value is -2.34. The van der Waals surface area contributed by atoms with E-state index in [-0.39, 0.29) is 12.5 Å². The van der Waals surface area contributed by atoms with Crippen molar-refractivity contribution in [2.45, 2.75) is 27.3 Å². The molecule has 0 radical (unpaired) electrons. The lowest BCUT2D eigenvalue weighted by Gasteiger charge is -2.25. The molecule has 0 saturated carbocycles. The molecule has 6 heteroatoms. The minimum absolute atomic E-state index is 0.136. The highest BCUT2D eigenvalue weighted by Crippen LogP contribution is 2.26. The average molecular weight is 360 g/mol. The number of anilines is 1. The normalized spacial score (nSPS) is 11.2. The van der Waals surface area contributed by atoms with Gasteiger partial charge in [0, 0.05) is 12.1 Å². The van der Waals surface area contributed by atoms with Crippen LogP contribution in [0.3, 0.4) is 0 Å². The molecule has 0 bridgehead atoms. The molecule has 0 aliphatic heterocycles. The maximum Gasteiger partial charge on any atom is 0.251 e. The lowest BCUT2D eigenvalue weighted by Crippen LogP contribution is -2.30. The van der Waals surface area contributed by atoms with Crippen LogP contribution in [0.15, 0.2) is 42.5 Å². The molecule has 0 atom stereocenters. The van der Waals surface area contributed by atoms with E-state index in [2.05, 4.69) is 5.32 Å². The largest absolute Gasteiger partial charge is 0.352 e. The van der Waals surface area contributed by atoms with E-state index in [1.54, 1.807) is 24.3 Å². The number of rotatable bonds is 6. The second kappa shape index (κ2) is 7.70. The van der Waals surface area contributed by atoms with Gasteiger partial charge in [0.1, 0.15) is 0 Å². The van der Waals surface area contributed by atoms with Gasteiger partial charge in [-0.05, 0) is 55.7 Å². The van der Waals surface area contributed by atoms with E-state index in [0.29, 0.717) is 17.8 Å². The highest BCUT2D eigenvalue weighted by Gasteiger charge is 2.20. The summed E-state index contributed by atoms with van der Waals surface area (Å²) in [6.07, 6.45) is 1.21. The molecule has 0 spiro atoms. The van der Waals surface area contributed by atoms with Gasteiger partial charge in [0.05, 0.1) is 18.5 Å². The van der Waals surface area contributed by atoms with Gasteiger partial charge in [0.2, 0.25) is 10.0 Å².